The number of carbonyl (C=O) groups is 1. The van der Waals surface area contributed by atoms with Crippen molar-refractivity contribution < 1.29 is 28.0 Å². The maximum Gasteiger partial charge on any atom is 0.267 e. The molecule has 0 aromatic heterocycles. The highest BCUT2D eigenvalue weighted by Gasteiger charge is 2.27. The summed E-state index contributed by atoms with van der Waals surface area (Å²) in [7, 11) is -4.44. The van der Waals surface area contributed by atoms with Gasteiger partial charge >= 0.3 is 0 Å². The van der Waals surface area contributed by atoms with Crippen LogP contribution in [0.15, 0.2) is 36.5 Å². The molecule has 0 saturated heterocycles. The summed E-state index contributed by atoms with van der Waals surface area (Å²) in [6.07, 6.45) is 32.1. The minimum Gasteiger partial charge on any atom is -0.387 e. The van der Waals surface area contributed by atoms with Gasteiger partial charge in [0.25, 0.3) is 10.1 Å². The fourth-order valence-corrected chi connectivity index (χ4v) is 5.51. The van der Waals surface area contributed by atoms with Gasteiger partial charge < -0.3 is 15.5 Å². The number of hydrogen-bond donors (Lipinski definition) is 4. The maximum atomic E-state index is 12.4. The van der Waals surface area contributed by atoms with Crippen LogP contribution in [0.2, 0.25) is 0 Å². The third-order valence-electron chi connectivity index (χ3n) is 7.40. The van der Waals surface area contributed by atoms with Crippen molar-refractivity contribution in [1.82, 2.24) is 5.32 Å². The minimum absolute atomic E-state index is 0.271. The van der Waals surface area contributed by atoms with Crippen molar-refractivity contribution in [3.05, 3.63) is 36.5 Å². The normalized spacial score (nSPS) is 14.7. The number of carbonyl (C=O) groups excluding carboxylic acids is 1. The Morgan fingerprint density at radius 2 is 1.07 bits per heavy atom. The highest BCUT2D eigenvalue weighted by Crippen LogP contribution is 2.12. The fraction of sp³-hybridized carbons (Fsp3) is 0.794. The summed E-state index contributed by atoms with van der Waals surface area (Å²) in [5.74, 6) is -1.57. The molecule has 42 heavy (non-hydrogen) atoms. The molecule has 0 aromatic carbocycles. The topological polar surface area (TPSA) is 124 Å². The van der Waals surface area contributed by atoms with E-state index < -0.39 is 40.0 Å². The number of aliphatic hydroxyl groups excluding tert-OH is 2. The van der Waals surface area contributed by atoms with Crippen molar-refractivity contribution >= 4 is 16.0 Å². The van der Waals surface area contributed by atoms with E-state index in [0.717, 1.165) is 44.9 Å². The van der Waals surface area contributed by atoms with Crippen LogP contribution in [0.3, 0.4) is 0 Å². The van der Waals surface area contributed by atoms with Crippen LogP contribution < -0.4 is 5.32 Å². The molecule has 246 valence electrons. The number of aliphatic hydroxyl groups is 2. The molecule has 0 rings (SSSR count). The van der Waals surface area contributed by atoms with Crippen molar-refractivity contribution in [3.8, 4) is 0 Å². The van der Waals surface area contributed by atoms with Gasteiger partial charge in [0, 0.05) is 0 Å². The molecule has 4 N–H and O–H groups in total. The second-order valence-corrected chi connectivity index (χ2v) is 13.1. The smallest absolute Gasteiger partial charge is 0.267 e. The molecule has 3 unspecified atom stereocenters. The van der Waals surface area contributed by atoms with E-state index in [0.29, 0.717) is 12.8 Å². The number of nitrogens with one attached hydrogen (secondary N) is 1. The number of allylic oxidation sites excluding steroid dienone is 5. The first kappa shape index (κ1) is 40.5. The van der Waals surface area contributed by atoms with Gasteiger partial charge in [0.15, 0.2) is 0 Å². The summed E-state index contributed by atoms with van der Waals surface area (Å²) < 4.78 is 32.2. The van der Waals surface area contributed by atoms with Gasteiger partial charge in [-0.2, -0.15) is 8.42 Å². The lowest BCUT2D eigenvalue weighted by Crippen LogP contribution is -2.50. The van der Waals surface area contributed by atoms with Crippen LogP contribution in [0.1, 0.15) is 149 Å². The van der Waals surface area contributed by atoms with Gasteiger partial charge in [-0.15, -0.1) is 0 Å². The van der Waals surface area contributed by atoms with Crippen LogP contribution in [0, 0.1) is 0 Å². The Kier molecular flexibility index (Phi) is 27.3. The number of unbranched alkanes of at least 4 members (excludes halogenated alkanes) is 16. The second kappa shape index (κ2) is 28.3. The summed E-state index contributed by atoms with van der Waals surface area (Å²) in [6.45, 7) is 4.43. The third-order valence-corrected chi connectivity index (χ3v) is 8.19. The van der Waals surface area contributed by atoms with Gasteiger partial charge in [0.05, 0.1) is 17.9 Å². The molecule has 3 atom stereocenters. The molecule has 0 aromatic rings. The van der Waals surface area contributed by atoms with E-state index in [-0.39, 0.29) is 6.42 Å². The van der Waals surface area contributed by atoms with Crippen LogP contribution in [-0.2, 0) is 14.9 Å². The quantitative estimate of drug-likeness (QED) is 0.0385. The molecular weight excluding hydrogens is 550 g/mol. The first-order chi connectivity index (χ1) is 20.2. The Morgan fingerprint density at radius 1 is 0.643 bits per heavy atom. The lowest BCUT2D eigenvalue weighted by Gasteiger charge is -2.22. The van der Waals surface area contributed by atoms with Gasteiger partial charge in [0.1, 0.15) is 6.10 Å². The van der Waals surface area contributed by atoms with E-state index in [2.05, 4.69) is 43.5 Å². The van der Waals surface area contributed by atoms with Crippen LogP contribution in [0.25, 0.3) is 0 Å². The van der Waals surface area contributed by atoms with Crippen molar-refractivity contribution in [2.45, 2.75) is 167 Å². The maximum absolute atomic E-state index is 12.4. The lowest BCUT2D eigenvalue weighted by atomic mass is 10.0. The Hall–Kier alpha value is -1.48. The highest BCUT2D eigenvalue weighted by atomic mass is 32.2. The molecule has 0 heterocycles. The average Bonchev–Trinajstić information content (AvgIpc) is 2.94. The Morgan fingerprint density at radius 3 is 1.57 bits per heavy atom. The van der Waals surface area contributed by atoms with Gasteiger partial charge in [-0.25, -0.2) is 0 Å². The van der Waals surface area contributed by atoms with E-state index in [4.69, 9.17) is 0 Å². The minimum atomic E-state index is -4.44. The van der Waals surface area contributed by atoms with E-state index >= 15 is 0 Å². The monoisotopic (exact) mass is 613 g/mol. The van der Waals surface area contributed by atoms with E-state index in [1.165, 1.54) is 76.7 Å². The van der Waals surface area contributed by atoms with Crippen molar-refractivity contribution in [2.75, 3.05) is 5.75 Å². The summed E-state index contributed by atoms with van der Waals surface area (Å²) in [6, 6.07) is -1.25. The third kappa shape index (κ3) is 27.4. The molecule has 0 aliphatic carbocycles. The van der Waals surface area contributed by atoms with Gasteiger partial charge in [-0.3, -0.25) is 9.35 Å². The molecule has 0 aliphatic heterocycles. The second-order valence-electron chi connectivity index (χ2n) is 11.6. The van der Waals surface area contributed by atoms with E-state index in [1.807, 2.05) is 0 Å². The summed E-state index contributed by atoms with van der Waals surface area (Å²) in [5.41, 5.74) is 0. The SMILES string of the molecule is CCCCCCCC/C=C/CC/C=C/CC/C=C/C(O)C(CS(=O)(=O)O)NC(=O)C(O)CCCCCCCCCCC. The molecule has 0 aliphatic rings. The zero-order valence-electron chi connectivity index (χ0n) is 26.7. The Labute approximate surface area is 258 Å². The fourth-order valence-electron chi connectivity index (χ4n) is 4.78. The molecule has 0 radical (unpaired) electrons. The van der Waals surface area contributed by atoms with E-state index in [1.54, 1.807) is 6.08 Å². The predicted molar refractivity (Wildman–Crippen MR) is 176 cm³/mol. The lowest BCUT2D eigenvalue weighted by molar-refractivity contribution is -0.130. The predicted octanol–water partition coefficient (Wildman–Crippen LogP) is 7.98. The van der Waals surface area contributed by atoms with Crippen molar-refractivity contribution in [3.63, 3.8) is 0 Å². The molecule has 1 amide bonds. The van der Waals surface area contributed by atoms with E-state index in [9.17, 15) is 28.0 Å². The van der Waals surface area contributed by atoms with Crippen molar-refractivity contribution in [1.29, 1.82) is 0 Å². The average molecular weight is 614 g/mol. The standard InChI is InChI=1S/C34H63NO6S/c1-3-5-7-9-11-13-14-15-16-17-18-19-21-22-24-26-28-32(36)31(30-42(39,40)41)35-34(38)33(37)29-27-25-23-20-12-10-8-6-4-2/h15-16,19,21,26,28,31-33,36-37H,3-14,17-18,20,22-25,27,29-30H2,1-2H3,(H,35,38)(H,39,40,41)/b16-15+,21-19+,28-26+. The molecule has 0 fully saturated rings. The highest BCUT2D eigenvalue weighted by molar-refractivity contribution is 7.85. The Bertz CT molecular complexity index is 824. The molecular formula is C34H63NO6S. The Balaban J connectivity index is 4.27. The first-order valence-electron chi connectivity index (χ1n) is 16.8. The zero-order chi connectivity index (χ0) is 31.3. The molecule has 0 bridgehead atoms. The number of amides is 1. The largest absolute Gasteiger partial charge is 0.387 e. The molecule has 0 spiro atoms. The molecule has 8 heteroatoms. The van der Waals surface area contributed by atoms with Crippen LogP contribution in [-0.4, -0.2) is 53.1 Å². The van der Waals surface area contributed by atoms with Crippen LogP contribution >= 0.6 is 0 Å². The first-order valence-corrected chi connectivity index (χ1v) is 18.4. The van der Waals surface area contributed by atoms with Gasteiger partial charge in [-0.05, 0) is 44.9 Å². The molecule has 7 nitrogen and oxygen atoms in total. The molecule has 0 saturated carbocycles. The van der Waals surface area contributed by atoms with Gasteiger partial charge in [-0.1, -0.05) is 140 Å². The summed E-state index contributed by atoms with van der Waals surface area (Å²) in [4.78, 5) is 12.4. The van der Waals surface area contributed by atoms with Crippen molar-refractivity contribution in [2.24, 2.45) is 0 Å². The van der Waals surface area contributed by atoms with Crippen LogP contribution in [0.4, 0.5) is 0 Å². The number of rotatable bonds is 29. The summed E-state index contributed by atoms with van der Waals surface area (Å²) in [5, 5.41) is 23.1. The number of hydrogen-bond acceptors (Lipinski definition) is 5. The van der Waals surface area contributed by atoms with Gasteiger partial charge in [0.2, 0.25) is 5.91 Å². The zero-order valence-corrected chi connectivity index (χ0v) is 27.5. The van der Waals surface area contributed by atoms with Crippen LogP contribution in [0.5, 0.6) is 0 Å². The summed E-state index contributed by atoms with van der Waals surface area (Å²) >= 11 is 0.